The van der Waals surface area contributed by atoms with Crippen molar-refractivity contribution in [2.75, 3.05) is 44.9 Å². The maximum atomic E-state index is 17.6. The molecule has 1 saturated carbocycles. The first-order valence-corrected chi connectivity index (χ1v) is 36.6. The molecule has 0 spiro atoms. The van der Waals surface area contributed by atoms with E-state index in [1.54, 1.807) is 37.6 Å². The zero-order valence-electron chi connectivity index (χ0n) is 61.0. The highest BCUT2D eigenvalue weighted by Crippen LogP contribution is 2.55. The van der Waals surface area contributed by atoms with Gasteiger partial charge in [0.05, 0.1) is 48.7 Å². The number of pyridine rings is 1. The lowest BCUT2D eigenvalue weighted by molar-refractivity contribution is -0.142. The molecule has 4 aliphatic rings. The van der Waals surface area contributed by atoms with Gasteiger partial charge in [0.2, 0.25) is 11.8 Å². The van der Waals surface area contributed by atoms with Crippen LogP contribution < -0.4 is 19.7 Å². The van der Waals surface area contributed by atoms with Crippen molar-refractivity contribution >= 4 is 45.5 Å². The quantitative estimate of drug-likeness (QED) is 0.0505. The van der Waals surface area contributed by atoms with E-state index in [0.717, 1.165) is 40.7 Å². The van der Waals surface area contributed by atoms with Gasteiger partial charge in [-0.2, -0.15) is 15.1 Å². The second-order valence-corrected chi connectivity index (χ2v) is 29.9. The van der Waals surface area contributed by atoms with E-state index >= 15 is 4.39 Å². The van der Waals surface area contributed by atoms with Crippen molar-refractivity contribution in [2.45, 2.75) is 140 Å². The highest BCUT2D eigenvalue weighted by Gasteiger charge is 2.49. The number of aliphatic hydroxyl groups excluding tert-OH is 2. The number of aliphatic hydroxyl groups is 2. The van der Waals surface area contributed by atoms with Gasteiger partial charge in [-0.15, -0.1) is 5.10 Å². The van der Waals surface area contributed by atoms with Crippen LogP contribution in [0.4, 0.5) is 19.4 Å². The van der Waals surface area contributed by atoms with Gasteiger partial charge in [0.25, 0.3) is 0 Å². The Morgan fingerprint density at radius 3 is 2.00 bits per heavy atom. The highest BCUT2D eigenvalue weighted by molar-refractivity contribution is 6.06. The van der Waals surface area contributed by atoms with Gasteiger partial charge in [0.1, 0.15) is 70.8 Å². The number of β-amino-alcohol motifs (C(OH)–C–C–N with tert-alkyl or cyclic N) is 1. The number of carbonyl (C=O) groups excluding carboxylic acids is 3. The average molecular weight is 1450 g/mol. The van der Waals surface area contributed by atoms with Crippen LogP contribution >= 0.6 is 0 Å². The van der Waals surface area contributed by atoms with Crippen LogP contribution in [0.2, 0.25) is 0 Å². The van der Waals surface area contributed by atoms with E-state index in [1.165, 1.54) is 34.0 Å². The number of hydrogen-bond donors (Lipinski definition) is 3. The molecule has 550 valence electrons. The van der Waals surface area contributed by atoms with Gasteiger partial charge in [-0.25, -0.2) is 18.3 Å². The number of anilines is 1. The fraction of sp³-hybridized carbons (Fsp3) is 0.345. The third-order valence-corrected chi connectivity index (χ3v) is 21.1. The molecule has 4 fully saturated rings. The summed E-state index contributed by atoms with van der Waals surface area (Å²) in [6.07, 6.45) is 5.93. The zero-order chi connectivity index (χ0) is 74.6. The molecule has 0 radical (unpaired) electrons. The summed E-state index contributed by atoms with van der Waals surface area (Å²) < 4.78 is 61.3. The van der Waals surface area contributed by atoms with Crippen molar-refractivity contribution in [1.82, 2.24) is 54.8 Å². The summed E-state index contributed by atoms with van der Waals surface area (Å²) in [6, 6.07) is 48.5. The van der Waals surface area contributed by atoms with E-state index in [-0.39, 0.29) is 74.0 Å². The van der Waals surface area contributed by atoms with Crippen LogP contribution in [0.5, 0.6) is 11.8 Å². The molecule has 3 saturated heterocycles. The number of benzene rings is 7. The van der Waals surface area contributed by atoms with E-state index in [2.05, 4.69) is 68.0 Å². The van der Waals surface area contributed by atoms with Crippen LogP contribution in [0.3, 0.4) is 0 Å². The summed E-state index contributed by atoms with van der Waals surface area (Å²) >= 11 is 0. The van der Waals surface area contributed by atoms with Crippen LogP contribution in [0, 0.1) is 24.5 Å². The van der Waals surface area contributed by atoms with Crippen LogP contribution in [-0.4, -0.2) is 154 Å². The lowest BCUT2D eigenvalue weighted by atomic mass is 9.77. The second-order valence-electron chi connectivity index (χ2n) is 29.9. The Morgan fingerprint density at radius 1 is 0.720 bits per heavy atom. The molecule has 3 N–H and O–H groups in total. The number of amides is 3. The Morgan fingerprint density at radius 2 is 1.39 bits per heavy atom. The fourth-order valence-corrected chi connectivity index (χ4v) is 15.6. The zero-order valence-corrected chi connectivity index (χ0v) is 61.0. The Balaban J connectivity index is 0.795. The fourth-order valence-electron chi connectivity index (χ4n) is 15.6. The van der Waals surface area contributed by atoms with Crippen LogP contribution in [0.1, 0.15) is 124 Å². The minimum atomic E-state index is -1.07. The summed E-state index contributed by atoms with van der Waals surface area (Å²) in [5.41, 5.74) is 7.71. The van der Waals surface area contributed by atoms with E-state index in [0.29, 0.717) is 92.0 Å². The number of nitrogens with zero attached hydrogens (tertiary/aromatic N) is 11. The molecule has 15 rings (SSSR count). The summed E-state index contributed by atoms with van der Waals surface area (Å²) in [7, 11) is 1.61. The molecule has 3 aliphatic heterocycles. The SMILES string of the molecule is CO[C@@H](C)COc1nc(N2C[C@@H]3C[C@H]2CN3C(=O)OC(C)(C)C)c2cc(C3CC3)c(-c3c(C)c(F)cc4nn(C(c5ccccc5)(c5ccccc5)c5ccccc5)cc34)c(OCc3ccc(-c4cn([C@H](C(=O)N5C[C@H](O)C[C@H]5C(=O)N[C@@H](CO)c5ccc(-c6ncccc6F)cc5)C(C)C)nn4)cc3)c2n1. The second kappa shape index (κ2) is 29.4. The molecule has 1 aliphatic carbocycles. The molecule has 21 nitrogen and oxygen atoms in total. The van der Waals surface area contributed by atoms with Crippen LogP contribution in [0.15, 0.2) is 182 Å². The topological polar surface area (TPSA) is 238 Å². The smallest absolute Gasteiger partial charge is 0.410 e. The van der Waals surface area contributed by atoms with E-state index in [4.69, 9.17) is 34.0 Å². The molecular formula is C84H86F2N12O9. The Hall–Kier alpha value is -11.0. The van der Waals surface area contributed by atoms with Crippen molar-refractivity contribution in [2.24, 2.45) is 5.92 Å². The van der Waals surface area contributed by atoms with Crippen molar-refractivity contribution < 1.29 is 52.3 Å². The predicted molar refractivity (Wildman–Crippen MR) is 401 cm³/mol. The van der Waals surface area contributed by atoms with Gasteiger partial charge in [-0.05, 0) is 123 Å². The monoisotopic (exact) mass is 1440 g/mol. The van der Waals surface area contributed by atoms with Crippen molar-refractivity contribution in [3.63, 3.8) is 0 Å². The largest absolute Gasteiger partial charge is 0.486 e. The number of aromatic nitrogens is 8. The number of carbonyl (C=O) groups is 3. The molecular weight excluding hydrogens is 1360 g/mol. The summed E-state index contributed by atoms with van der Waals surface area (Å²) in [4.78, 5) is 63.0. The van der Waals surface area contributed by atoms with E-state index < -0.39 is 65.4 Å². The van der Waals surface area contributed by atoms with Crippen molar-refractivity contribution in [3.05, 3.63) is 233 Å². The number of nitrogens with one attached hydrogen (secondary N) is 1. The van der Waals surface area contributed by atoms with Gasteiger partial charge >= 0.3 is 12.1 Å². The molecule has 107 heavy (non-hydrogen) atoms. The first-order chi connectivity index (χ1) is 51.7. The third-order valence-electron chi connectivity index (χ3n) is 21.1. The maximum Gasteiger partial charge on any atom is 0.410 e. The molecule has 7 aromatic carbocycles. The molecule has 7 heterocycles. The number of hydrogen-bond acceptors (Lipinski definition) is 16. The number of ether oxygens (including phenoxy) is 4. The van der Waals surface area contributed by atoms with Crippen LogP contribution in [-0.2, 0) is 31.2 Å². The molecule has 4 aromatic heterocycles. The summed E-state index contributed by atoms with van der Waals surface area (Å²) in [6.45, 7) is 13.5. The number of halogens is 2. The molecule has 23 heteroatoms. The lowest BCUT2D eigenvalue weighted by Gasteiger charge is -2.36. The summed E-state index contributed by atoms with van der Waals surface area (Å²) in [5, 5.41) is 40.4. The lowest BCUT2D eigenvalue weighted by Crippen LogP contribution is -2.50. The predicted octanol–water partition coefficient (Wildman–Crippen LogP) is 13.5. The minimum absolute atomic E-state index is 0.00741. The standard InChI is InChI=1S/C84H86F2N12O9/c1-49(2)76(80(102)96-43-62(100)38-71(96)79(101)88-70(46-99)55-32-34-56(35-33-55)74-66(85)25-18-36-87-74)97-45-69(91-93-97)54-28-26-52(27-29-54)48-105-77-73(72-51(4)67(86)40-68-65(72)44-98(92-68)84(57-19-12-9-13-20-57,58-21-14-10-15-22-58)59-23-16-11-17-24-59)63(53-30-31-53)39-64-75(77)89-81(106-47-50(3)104-8)90-78(64)94-41-61-37-60(94)42-95(61)82(103)107-83(5,6)7/h9-29,32-36,39-40,44-45,49-50,53,60-62,70-71,76,99-100H,30-31,37-38,41-43,46-48H2,1-8H3,(H,88,101)/t50-,60-,61-,62+,70-,71-,76-/m0/s1. The molecule has 3 amide bonds. The average Bonchev–Trinajstić information content (AvgIpc) is 1.64. The first kappa shape index (κ1) is 71.6. The Bertz CT molecular complexity index is 5000. The number of piperazine rings is 1. The van der Waals surface area contributed by atoms with Gasteiger partial charge in [0.15, 0.2) is 5.75 Å². The maximum absolute atomic E-state index is 17.6. The summed E-state index contributed by atoms with van der Waals surface area (Å²) in [5.74, 6) is -1.24. The van der Waals surface area contributed by atoms with Crippen molar-refractivity contribution in [3.8, 4) is 45.4 Å². The number of methoxy groups -OCH3 is 1. The minimum Gasteiger partial charge on any atom is -0.486 e. The molecule has 7 atom stereocenters. The van der Waals surface area contributed by atoms with Crippen LogP contribution in [0.25, 0.3) is 55.4 Å². The number of fused-ring (bicyclic) bond motifs is 4. The van der Waals surface area contributed by atoms with Gasteiger partial charge in [-0.3, -0.25) is 19.3 Å². The highest BCUT2D eigenvalue weighted by atomic mass is 19.1. The van der Waals surface area contributed by atoms with Gasteiger partial charge < -0.3 is 49.2 Å². The van der Waals surface area contributed by atoms with Gasteiger partial charge in [-0.1, -0.05) is 159 Å². The van der Waals surface area contributed by atoms with E-state index in [9.17, 15) is 29.0 Å². The Labute approximate surface area is 619 Å². The van der Waals surface area contributed by atoms with E-state index in [1.807, 2.05) is 143 Å². The first-order valence-electron chi connectivity index (χ1n) is 36.6. The number of rotatable bonds is 23. The van der Waals surface area contributed by atoms with Crippen molar-refractivity contribution in [1.29, 1.82) is 0 Å². The van der Waals surface area contributed by atoms with Gasteiger partial charge in [0, 0.05) is 84.7 Å². The number of likely N-dealkylation sites (tertiary alicyclic amines) is 2. The molecule has 0 unspecified atom stereocenters. The Kier molecular flexibility index (Phi) is 19.7. The third kappa shape index (κ3) is 13.9. The normalized spacial score (nSPS) is 18.2. The molecule has 11 aromatic rings. The molecule has 2 bridgehead atoms.